The summed E-state index contributed by atoms with van der Waals surface area (Å²) >= 11 is 11.3. The minimum Gasteiger partial charge on any atom is -0.383 e. The predicted octanol–water partition coefficient (Wildman–Crippen LogP) is 1.01. The molecule has 0 saturated carbocycles. The van der Waals surface area contributed by atoms with Gasteiger partial charge < -0.3 is 11.5 Å². The second kappa shape index (κ2) is 3.73. The van der Waals surface area contributed by atoms with E-state index in [2.05, 4.69) is 15.0 Å². The Morgan fingerprint density at radius 3 is 2.56 bits per heavy atom. The molecule has 0 aliphatic carbocycles. The van der Waals surface area contributed by atoms with Crippen LogP contribution in [0.15, 0.2) is 6.07 Å². The van der Waals surface area contributed by atoms with Crippen LogP contribution in [0.4, 0.5) is 5.82 Å². The molecule has 2 aromatic heterocycles. The molecule has 0 aliphatic rings. The summed E-state index contributed by atoms with van der Waals surface area (Å²) in [6.45, 7) is 0. The first-order valence-corrected chi connectivity index (χ1v) is 4.83. The number of nitrogens with zero attached hydrogens (tertiary/aromatic N) is 3. The predicted molar refractivity (Wildman–Crippen MR) is 60.3 cm³/mol. The van der Waals surface area contributed by atoms with Gasteiger partial charge in [0.15, 0.2) is 5.65 Å². The van der Waals surface area contributed by atoms with Crippen molar-refractivity contribution in [3.63, 3.8) is 0 Å². The highest BCUT2D eigenvalue weighted by molar-refractivity contribution is 6.31. The molecular weight excluding hydrogens is 253 g/mol. The number of nitrogens with two attached hydrogens (primary N) is 2. The van der Waals surface area contributed by atoms with Gasteiger partial charge in [0.2, 0.25) is 11.2 Å². The second-order valence-electron chi connectivity index (χ2n) is 2.93. The molecule has 1 amide bonds. The number of amides is 1. The molecule has 0 atom stereocenters. The molecule has 2 rings (SSSR count). The molecular formula is C8H5Cl2N5O. The summed E-state index contributed by atoms with van der Waals surface area (Å²) in [5.74, 6) is -0.653. The van der Waals surface area contributed by atoms with E-state index in [1.807, 2.05) is 0 Å². The molecule has 0 saturated heterocycles. The zero-order chi connectivity index (χ0) is 11.9. The molecule has 4 N–H and O–H groups in total. The third kappa shape index (κ3) is 1.72. The Hall–Kier alpha value is -1.66. The van der Waals surface area contributed by atoms with E-state index in [0.717, 1.165) is 0 Å². The topological polar surface area (TPSA) is 108 Å². The Kier molecular flexibility index (Phi) is 2.53. The van der Waals surface area contributed by atoms with Crippen LogP contribution in [-0.4, -0.2) is 20.9 Å². The van der Waals surface area contributed by atoms with Crippen molar-refractivity contribution in [1.29, 1.82) is 0 Å². The molecule has 6 nitrogen and oxygen atoms in total. The summed E-state index contributed by atoms with van der Waals surface area (Å²) in [5.41, 5.74) is 11.1. The van der Waals surface area contributed by atoms with Crippen molar-refractivity contribution in [3.8, 4) is 0 Å². The van der Waals surface area contributed by atoms with Gasteiger partial charge in [-0.15, -0.1) is 0 Å². The molecule has 16 heavy (non-hydrogen) atoms. The summed E-state index contributed by atoms with van der Waals surface area (Å²) in [4.78, 5) is 22.6. The van der Waals surface area contributed by atoms with Gasteiger partial charge in [-0.05, 0) is 17.7 Å². The maximum absolute atomic E-state index is 11.2. The van der Waals surface area contributed by atoms with Gasteiger partial charge in [-0.1, -0.05) is 11.6 Å². The van der Waals surface area contributed by atoms with Crippen molar-refractivity contribution >= 4 is 46.0 Å². The van der Waals surface area contributed by atoms with E-state index in [-0.39, 0.29) is 32.9 Å². The number of anilines is 1. The van der Waals surface area contributed by atoms with Gasteiger partial charge >= 0.3 is 0 Å². The molecule has 0 aromatic carbocycles. The van der Waals surface area contributed by atoms with Gasteiger partial charge in [-0.25, -0.2) is 9.97 Å². The Labute approximate surface area is 99.6 Å². The van der Waals surface area contributed by atoms with Gasteiger partial charge in [0.1, 0.15) is 11.0 Å². The van der Waals surface area contributed by atoms with E-state index in [1.165, 1.54) is 6.07 Å². The highest BCUT2D eigenvalue weighted by atomic mass is 35.5. The summed E-state index contributed by atoms with van der Waals surface area (Å²) in [7, 11) is 0. The summed E-state index contributed by atoms with van der Waals surface area (Å²) in [6, 6.07) is 1.31. The number of rotatable bonds is 1. The molecule has 2 aromatic rings. The lowest BCUT2D eigenvalue weighted by Crippen LogP contribution is -2.13. The number of fused-ring (bicyclic) bond motifs is 1. The van der Waals surface area contributed by atoms with Crippen LogP contribution in [0.5, 0.6) is 0 Å². The average Bonchev–Trinajstić information content (AvgIpc) is 2.14. The van der Waals surface area contributed by atoms with Crippen LogP contribution in [0.1, 0.15) is 10.4 Å². The van der Waals surface area contributed by atoms with E-state index >= 15 is 0 Å². The number of carbonyl (C=O) groups is 1. The maximum Gasteiger partial charge on any atom is 0.249 e. The number of halogens is 2. The van der Waals surface area contributed by atoms with Crippen LogP contribution in [-0.2, 0) is 0 Å². The van der Waals surface area contributed by atoms with Crippen molar-refractivity contribution in [3.05, 3.63) is 22.1 Å². The lowest BCUT2D eigenvalue weighted by Gasteiger charge is -2.05. The molecule has 2 heterocycles. The number of pyridine rings is 1. The van der Waals surface area contributed by atoms with Crippen LogP contribution in [0.2, 0.25) is 10.4 Å². The number of primary amides is 1. The number of hydrogen-bond donors (Lipinski definition) is 2. The Balaban J connectivity index is 2.95. The smallest absolute Gasteiger partial charge is 0.249 e. The van der Waals surface area contributed by atoms with Crippen LogP contribution in [0.3, 0.4) is 0 Å². The standard InChI is InChI=1S/C8H5Cl2N5O/c9-3-1-2(6(12)16)4-5(11)14-8(10)15-7(4)13-3/h1H,(H2,12,16)(H2,11,13,14,15). The Morgan fingerprint density at radius 1 is 1.25 bits per heavy atom. The fourth-order valence-electron chi connectivity index (χ4n) is 1.30. The monoisotopic (exact) mass is 257 g/mol. The van der Waals surface area contributed by atoms with Gasteiger partial charge in [-0.2, -0.15) is 4.98 Å². The van der Waals surface area contributed by atoms with E-state index in [4.69, 9.17) is 34.7 Å². The Bertz CT molecular complexity index is 595. The first-order valence-electron chi connectivity index (χ1n) is 4.08. The maximum atomic E-state index is 11.2. The van der Waals surface area contributed by atoms with Crippen molar-refractivity contribution < 1.29 is 4.79 Å². The summed E-state index contributed by atoms with van der Waals surface area (Å²) in [5, 5.41) is 0.256. The second-order valence-corrected chi connectivity index (χ2v) is 3.66. The van der Waals surface area contributed by atoms with Crippen LogP contribution >= 0.6 is 23.2 Å². The number of nitrogen functional groups attached to an aromatic ring is 1. The van der Waals surface area contributed by atoms with Crippen molar-refractivity contribution in [1.82, 2.24) is 15.0 Å². The highest BCUT2D eigenvalue weighted by Gasteiger charge is 2.15. The molecule has 8 heteroatoms. The molecule has 0 aliphatic heterocycles. The van der Waals surface area contributed by atoms with Gasteiger partial charge in [0.05, 0.1) is 10.9 Å². The van der Waals surface area contributed by atoms with Crippen LogP contribution in [0.25, 0.3) is 11.0 Å². The molecule has 0 fully saturated rings. The average molecular weight is 258 g/mol. The number of aromatic nitrogens is 3. The minimum atomic E-state index is -0.688. The number of carbonyl (C=O) groups excluding carboxylic acids is 1. The lowest BCUT2D eigenvalue weighted by molar-refractivity contribution is 0.100. The lowest BCUT2D eigenvalue weighted by atomic mass is 10.1. The fraction of sp³-hybridized carbons (Fsp3) is 0. The van der Waals surface area contributed by atoms with E-state index < -0.39 is 5.91 Å². The SMILES string of the molecule is NC(=O)c1cc(Cl)nc2nc(Cl)nc(N)c12. The first-order chi connectivity index (χ1) is 7.49. The van der Waals surface area contributed by atoms with Crippen LogP contribution < -0.4 is 11.5 Å². The first kappa shape index (κ1) is 10.8. The van der Waals surface area contributed by atoms with Crippen LogP contribution in [0, 0.1) is 0 Å². The van der Waals surface area contributed by atoms with Gasteiger partial charge in [0.25, 0.3) is 0 Å². The summed E-state index contributed by atoms with van der Waals surface area (Å²) < 4.78 is 0. The normalized spacial score (nSPS) is 10.6. The van der Waals surface area contributed by atoms with Gasteiger partial charge in [0, 0.05) is 0 Å². The molecule has 0 unspecified atom stereocenters. The van der Waals surface area contributed by atoms with E-state index in [0.29, 0.717) is 0 Å². The minimum absolute atomic E-state index is 0.0352. The quantitative estimate of drug-likeness (QED) is 0.586. The largest absolute Gasteiger partial charge is 0.383 e. The third-order valence-electron chi connectivity index (χ3n) is 1.90. The zero-order valence-corrected chi connectivity index (χ0v) is 9.25. The molecule has 0 bridgehead atoms. The highest BCUT2D eigenvalue weighted by Crippen LogP contribution is 2.24. The zero-order valence-electron chi connectivity index (χ0n) is 7.74. The fourth-order valence-corrected chi connectivity index (χ4v) is 1.66. The Morgan fingerprint density at radius 2 is 1.94 bits per heavy atom. The number of hydrogen-bond acceptors (Lipinski definition) is 5. The molecule has 82 valence electrons. The van der Waals surface area contributed by atoms with Crippen molar-refractivity contribution in [2.45, 2.75) is 0 Å². The molecule has 0 radical (unpaired) electrons. The van der Waals surface area contributed by atoms with E-state index in [1.54, 1.807) is 0 Å². The third-order valence-corrected chi connectivity index (χ3v) is 2.26. The van der Waals surface area contributed by atoms with Gasteiger partial charge in [-0.3, -0.25) is 4.79 Å². The summed E-state index contributed by atoms with van der Waals surface area (Å²) in [6.07, 6.45) is 0. The van der Waals surface area contributed by atoms with E-state index in [9.17, 15) is 4.79 Å². The van der Waals surface area contributed by atoms with Crippen molar-refractivity contribution in [2.24, 2.45) is 5.73 Å². The van der Waals surface area contributed by atoms with Crippen molar-refractivity contribution in [2.75, 3.05) is 5.73 Å². The molecule has 0 spiro atoms.